The monoisotopic (exact) mass is 252 g/mol. The van der Waals surface area contributed by atoms with Crippen LogP contribution in [-0.2, 0) is 0 Å². The number of likely N-dealkylation sites (N-methyl/N-ethyl adjacent to an activating group) is 1. The lowest BCUT2D eigenvalue weighted by Crippen LogP contribution is -2.59. The van der Waals surface area contributed by atoms with Crippen LogP contribution in [-0.4, -0.2) is 36.1 Å². The molecular formula is C16H32N2. The van der Waals surface area contributed by atoms with E-state index < -0.39 is 0 Å². The van der Waals surface area contributed by atoms with Gasteiger partial charge in [-0.25, -0.2) is 0 Å². The first-order chi connectivity index (χ1) is 8.69. The van der Waals surface area contributed by atoms with Gasteiger partial charge in [-0.15, -0.1) is 0 Å². The molecule has 1 N–H and O–H groups in total. The highest BCUT2D eigenvalue weighted by Gasteiger charge is 2.46. The second kappa shape index (κ2) is 6.38. The van der Waals surface area contributed by atoms with Gasteiger partial charge in [-0.1, -0.05) is 33.6 Å². The molecule has 106 valence electrons. The molecule has 0 aromatic heterocycles. The van der Waals surface area contributed by atoms with Crippen molar-refractivity contribution in [2.45, 2.75) is 77.3 Å². The molecule has 1 unspecified atom stereocenters. The summed E-state index contributed by atoms with van der Waals surface area (Å²) in [7, 11) is 0. The van der Waals surface area contributed by atoms with Crippen LogP contribution in [0, 0.1) is 5.92 Å². The second-order valence-corrected chi connectivity index (χ2v) is 6.74. The van der Waals surface area contributed by atoms with Crippen LogP contribution in [0.5, 0.6) is 0 Å². The third-order valence-corrected chi connectivity index (χ3v) is 5.01. The maximum absolute atomic E-state index is 3.83. The standard InChI is InChI=1S/C16H32N2/c1-4-17-15(13-14(2)3)16(9-5-6-10-16)18-11-7-8-12-18/h14-15,17H,4-13H2,1-3H3. The second-order valence-electron chi connectivity index (χ2n) is 6.74. The Balaban J connectivity index is 2.14. The van der Waals surface area contributed by atoms with Crippen molar-refractivity contribution in [2.75, 3.05) is 19.6 Å². The Morgan fingerprint density at radius 3 is 2.17 bits per heavy atom. The molecule has 0 bridgehead atoms. The van der Waals surface area contributed by atoms with Crippen molar-refractivity contribution in [1.82, 2.24) is 10.2 Å². The van der Waals surface area contributed by atoms with E-state index in [1.807, 2.05) is 0 Å². The highest BCUT2D eigenvalue weighted by molar-refractivity contribution is 5.04. The van der Waals surface area contributed by atoms with Gasteiger partial charge >= 0.3 is 0 Å². The molecule has 0 amide bonds. The summed E-state index contributed by atoms with van der Waals surface area (Å²) in [6, 6.07) is 0.711. The van der Waals surface area contributed by atoms with Gasteiger partial charge in [0.2, 0.25) is 0 Å². The number of hydrogen-bond donors (Lipinski definition) is 1. The van der Waals surface area contributed by atoms with Crippen molar-refractivity contribution in [2.24, 2.45) is 5.92 Å². The third kappa shape index (κ3) is 2.91. The van der Waals surface area contributed by atoms with E-state index in [2.05, 4.69) is 31.0 Å². The van der Waals surface area contributed by atoms with Crippen molar-refractivity contribution in [3.05, 3.63) is 0 Å². The molecule has 0 spiro atoms. The lowest BCUT2D eigenvalue weighted by Gasteiger charge is -2.46. The predicted octanol–water partition coefficient (Wildman–Crippen LogP) is 3.42. The fourth-order valence-electron chi connectivity index (χ4n) is 4.25. The zero-order valence-electron chi connectivity index (χ0n) is 12.7. The minimum atomic E-state index is 0.497. The van der Waals surface area contributed by atoms with Gasteiger partial charge in [0.1, 0.15) is 0 Å². The first-order valence-corrected chi connectivity index (χ1v) is 8.17. The number of hydrogen-bond acceptors (Lipinski definition) is 2. The molecule has 2 heteroatoms. The first kappa shape index (κ1) is 14.3. The van der Waals surface area contributed by atoms with Crippen LogP contribution in [0.1, 0.15) is 65.7 Å². The van der Waals surface area contributed by atoms with E-state index >= 15 is 0 Å². The molecule has 2 nitrogen and oxygen atoms in total. The van der Waals surface area contributed by atoms with Crippen LogP contribution in [0.15, 0.2) is 0 Å². The van der Waals surface area contributed by atoms with Crippen LogP contribution in [0.25, 0.3) is 0 Å². The summed E-state index contributed by atoms with van der Waals surface area (Å²) in [6.45, 7) is 10.8. The van der Waals surface area contributed by atoms with E-state index in [0.717, 1.165) is 12.5 Å². The highest BCUT2D eigenvalue weighted by atomic mass is 15.2. The summed E-state index contributed by atoms with van der Waals surface area (Å²) >= 11 is 0. The fraction of sp³-hybridized carbons (Fsp3) is 1.00. The molecule has 1 aliphatic heterocycles. The van der Waals surface area contributed by atoms with Gasteiger partial charge in [-0.2, -0.15) is 0 Å². The van der Waals surface area contributed by atoms with Crippen molar-refractivity contribution in [1.29, 1.82) is 0 Å². The molecular weight excluding hydrogens is 220 g/mol. The minimum absolute atomic E-state index is 0.497. The molecule has 0 radical (unpaired) electrons. The van der Waals surface area contributed by atoms with Gasteiger partial charge in [0.25, 0.3) is 0 Å². The van der Waals surface area contributed by atoms with Crippen LogP contribution >= 0.6 is 0 Å². The van der Waals surface area contributed by atoms with Crippen LogP contribution in [0.3, 0.4) is 0 Å². The summed E-state index contributed by atoms with van der Waals surface area (Å²) in [6.07, 6.45) is 9.91. The Kier molecular flexibility index (Phi) is 5.08. The molecule has 18 heavy (non-hydrogen) atoms. The number of rotatable bonds is 6. The summed E-state index contributed by atoms with van der Waals surface area (Å²) in [5.41, 5.74) is 0.497. The number of likely N-dealkylation sites (tertiary alicyclic amines) is 1. The van der Waals surface area contributed by atoms with Crippen molar-refractivity contribution < 1.29 is 0 Å². The Morgan fingerprint density at radius 1 is 1.06 bits per heavy atom. The smallest absolute Gasteiger partial charge is 0.0362 e. The molecule has 0 aromatic carbocycles. The SMILES string of the molecule is CCNC(CC(C)C)C1(N2CCCC2)CCCC1. The zero-order valence-corrected chi connectivity index (χ0v) is 12.7. The maximum Gasteiger partial charge on any atom is 0.0362 e. The third-order valence-electron chi connectivity index (χ3n) is 5.01. The Bertz CT molecular complexity index is 237. The fourth-order valence-corrected chi connectivity index (χ4v) is 4.25. The van der Waals surface area contributed by atoms with Crippen LogP contribution < -0.4 is 5.32 Å². The van der Waals surface area contributed by atoms with Crippen LogP contribution in [0.4, 0.5) is 0 Å². The van der Waals surface area contributed by atoms with Crippen molar-refractivity contribution in [3.63, 3.8) is 0 Å². The predicted molar refractivity (Wildman–Crippen MR) is 78.9 cm³/mol. The summed E-state index contributed by atoms with van der Waals surface area (Å²) < 4.78 is 0. The molecule has 1 aliphatic carbocycles. The molecule has 2 rings (SSSR count). The van der Waals surface area contributed by atoms with Gasteiger partial charge in [0.05, 0.1) is 0 Å². The zero-order chi connectivity index (χ0) is 13.0. The van der Waals surface area contributed by atoms with Crippen molar-refractivity contribution >= 4 is 0 Å². The van der Waals surface area contributed by atoms with E-state index in [1.165, 1.54) is 58.0 Å². The summed E-state index contributed by atoms with van der Waals surface area (Å²) in [4.78, 5) is 2.84. The molecule has 1 saturated heterocycles. The van der Waals surface area contributed by atoms with Gasteiger partial charge in [-0.05, 0) is 57.7 Å². The van der Waals surface area contributed by atoms with E-state index in [1.54, 1.807) is 0 Å². The number of nitrogens with one attached hydrogen (secondary N) is 1. The molecule has 0 aromatic rings. The Hall–Kier alpha value is -0.0800. The van der Waals surface area contributed by atoms with E-state index in [0.29, 0.717) is 11.6 Å². The molecule has 1 saturated carbocycles. The largest absolute Gasteiger partial charge is 0.312 e. The van der Waals surface area contributed by atoms with Gasteiger partial charge in [-0.3, -0.25) is 4.90 Å². The van der Waals surface area contributed by atoms with E-state index in [-0.39, 0.29) is 0 Å². The van der Waals surface area contributed by atoms with Gasteiger partial charge in [0.15, 0.2) is 0 Å². The quantitative estimate of drug-likeness (QED) is 0.779. The average molecular weight is 252 g/mol. The minimum Gasteiger partial charge on any atom is -0.312 e. The van der Waals surface area contributed by atoms with Crippen molar-refractivity contribution in [3.8, 4) is 0 Å². The topological polar surface area (TPSA) is 15.3 Å². The lowest BCUT2D eigenvalue weighted by atomic mass is 9.81. The molecule has 1 atom stereocenters. The Labute approximate surface area is 114 Å². The van der Waals surface area contributed by atoms with Gasteiger partial charge in [0, 0.05) is 11.6 Å². The maximum atomic E-state index is 3.83. The average Bonchev–Trinajstić information content (AvgIpc) is 3.00. The normalized spacial score (nSPS) is 26.0. The van der Waals surface area contributed by atoms with E-state index in [9.17, 15) is 0 Å². The first-order valence-electron chi connectivity index (χ1n) is 8.17. The lowest BCUT2D eigenvalue weighted by molar-refractivity contribution is 0.0683. The summed E-state index contributed by atoms with van der Waals surface area (Å²) in [5.74, 6) is 0.800. The summed E-state index contributed by atoms with van der Waals surface area (Å²) in [5, 5.41) is 3.83. The molecule has 2 fully saturated rings. The molecule has 1 heterocycles. The van der Waals surface area contributed by atoms with Crippen LogP contribution in [0.2, 0.25) is 0 Å². The highest BCUT2D eigenvalue weighted by Crippen LogP contribution is 2.41. The number of nitrogens with zero attached hydrogens (tertiary/aromatic N) is 1. The van der Waals surface area contributed by atoms with E-state index in [4.69, 9.17) is 0 Å². The Morgan fingerprint density at radius 2 is 1.67 bits per heavy atom. The van der Waals surface area contributed by atoms with Gasteiger partial charge < -0.3 is 5.32 Å². The molecule has 2 aliphatic rings.